The van der Waals surface area contributed by atoms with E-state index in [1.165, 1.54) is 0 Å². The number of carbonyl (C=O) groups is 2. The predicted molar refractivity (Wildman–Crippen MR) is 144 cm³/mol. The maximum absolute atomic E-state index is 13.7. The van der Waals surface area contributed by atoms with Crippen molar-refractivity contribution in [1.29, 1.82) is 0 Å². The molecule has 0 aliphatic carbocycles. The second-order valence-electron chi connectivity index (χ2n) is 9.16. The van der Waals surface area contributed by atoms with Crippen LogP contribution in [0.4, 0.5) is 0 Å². The zero-order valence-corrected chi connectivity index (χ0v) is 21.2. The Labute approximate surface area is 216 Å². The predicted octanol–water partition coefficient (Wildman–Crippen LogP) is 6.01. The summed E-state index contributed by atoms with van der Waals surface area (Å²) in [5, 5.41) is 0.669. The number of hydrogen-bond acceptors (Lipinski definition) is 2. The van der Waals surface area contributed by atoms with Gasteiger partial charge >= 0.3 is 0 Å². The van der Waals surface area contributed by atoms with Crippen molar-refractivity contribution in [3.05, 3.63) is 112 Å². The molecule has 1 fully saturated rings. The molecule has 2 heterocycles. The van der Waals surface area contributed by atoms with Crippen molar-refractivity contribution in [2.45, 2.75) is 13.8 Å². The highest BCUT2D eigenvalue weighted by molar-refractivity contribution is 6.30. The largest absolute Gasteiger partial charge is 0.335 e. The second-order valence-corrected chi connectivity index (χ2v) is 9.59. The summed E-state index contributed by atoms with van der Waals surface area (Å²) in [6, 6.07) is 27.3. The van der Waals surface area contributed by atoms with Crippen LogP contribution in [0.5, 0.6) is 0 Å². The van der Waals surface area contributed by atoms with Crippen LogP contribution in [0.15, 0.2) is 84.9 Å². The fourth-order valence-electron chi connectivity index (χ4n) is 4.73. The van der Waals surface area contributed by atoms with Crippen LogP contribution in [0.1, 0.15) is 32.0 Å². The zero-order valence-electron chi connectivity index (χ0n) is 20.4. The average molecular weight is 498 g/mol. The summed E-state index contributed by atoms with van der Waals surface area (Å²) in [4.78, 5) is 30.3. The normalized spacial score (nSPS) is 13.6. The van der Waals surface area contributed by atoms with E-state index in [0.29, 0.717) is 42.3 Å². The third kappa shape index (κ3) is 4.67. The summed E-state index contributed by atoms with van der Waals surface area (Å²) in [5.74, 6) is -0.00151. The molecule has 1 aromatic heterocycles. The molecule has 5 rings (SSSR count). The van der Waals surface area contributed by atoms with Crippen LogP contribution in [0.3, 0.4) is 0 Å². The number of para-hydroxylation sites is 1. The highest BCUT2D eigenvalue weighted by Crippen LogP contribution is 2.31. The smallest absolute Gasteiger partial charge is 0.255 e. The SMILES string of the molecule is Cc1ccc(C(=O)N2CCN(C(=O)c3cc(-c4ccc(Cl)cc4)n(-c4ccccc4)c3C)CC2)cc1. The van der Waals surface area contributed by atoms with Gasteiger partial charge in [0.1, 0.15) is 0 Å². The van der Waals surface area contributed by atoms with E-state index in [-0.39, 0.29) is 11.8 Å². The van der Waals surface area contributed by atoms with Gasteiger partial charge in [-0.25, -0.2) is 0 Å². The Morgan fingerprint density at radius 3 is 1.92 bits per heavy atom. The molecule has 2 amide bonds. The standard InChI is InChI=1S/C30H28ClN3O2/c1-21-8-10-24(11-9-21)29(35)32-16-18-33(19-17-32)30(36)27-20-28(23-12-14-25(31)15-13-23)34(22(27)2)26-6-4-3-5-7-26/h3-15,20H,16-19H2,1-2H3. The summed E-state index contributed by atoms with van der Waals surface area (Å²) in [7, 11) is 0. The molecule has 5 nitrogen and oxygen atoms in total. The number of benzene rings is 3. The molecule has 1 saturated heterocycles. The number of halogens is 1. The van der Waals surface area contributed by atoms with E-state index < -0.39 is 0 Å². The van der Waals surface area contributed by atoms with Crippen molar-refractivity contribution < 1.29 is 9.59 Å². The summed E-state index contributed by atoms with van der Waals surface area (Å²) in [5.41, 5.74) is 6.27. The Morgan fingerprint density at radius 1 is 0.722 bits per heavy atom. The first-order valence-corrected chi connectivity index (χ1v) is 12.5. The third-order valence-corrected chi connectivity index (χ3v) is 7.04. The third-order valence-electron chi connectivity index (χ3n) is 6.78. The molecule has 182 valence electrons. The van der Waals surface area contributed by atoms with E-state index in [2.05, 4.69) is 4.57 Å². The summed E-state index contributed by atoms with van der Waals surface area (Å²) in [6.07, 6.45) is 0. The molecule has 0 spiro atoms. The fourth-order valence-corrected chi connectivity index (χ4v) is 4.85. The Balaban J connectivity index is 1.40. The van der Waals surface area contributed by atoms with Gasteiger partial charge in [-0.2, -0.15) is 0 Å². The number of piperazine rings is 1. The number of amides is 2. The van der Waals surface area contributed by atoms with Crippen LogP contribution in [-0.4, -0.2) is 52.4 Å². The Bertz CT molecular complexity index is 1380. The van der Waals surface area contributed by atoms with Crippen LogP contribution < -0.4 is 0 Å². The number of carbonyl (C=O) groups excluding carboxylic acids is 2. The molecular formula is C30H28ClN3O2. The van der Waals surface area contributed by atoms with Crippen LogP contribution >= 0.6 is 11.6 Å². The quantitative estimate of drug-likeness (QED) is 0.346. The van der Waals surface area contributed by atoms with Crippen LogP contribution in [0, 0.1) is 13.8 Å². The van der Waals surface area contributed by atoms with Crippen molar-refractivity contribution in [2.75, 3.05) is 26.2 Å². The van der Waals surface area contributed by atoms with E-state index in [1.54, 1.807) is 0 Å². The molecule has 1 aliphatic rings. The highest BCUT2D eigenvalue weighted by atomic mass is 35.5. The Kier molecular flexibility index (Phi) is 6.66. The van der Waals surface area contributed by atoms with Gasteiger partial charge in [0, 0.05) is 48.1 Å². The minimum absolute atomic E-state index is 0.0125. The van der Waals surface area contributed by atoms with Gasteiger partial charge < -0.3 is 14.4 Å². The highest BCUT2D eigenvalue weighted by Gasteiger charge is 2.28. The number of aryl methyl sites for hydroxylation is 1. The Morgan fingerprint density at radius 2 is 1.31 bits per heavy atom. The molecule has 4 aromatic rings. The lowest BCUT2D eigenvalue weighted by atomic mass is 10.1. The Hall–Kier alpha value is -3.83. The first-order chi connectivity index (χ1) is 17.4. The molecule has 36 heavy (non-hydrogen) atoms. The van der Waals surface area contributed by atoms with E-state index in [1.807, 2.05) is 109 Å². The molecule has 0 saturated carbocycles. The van der Waals surface area contributed by atoms with Crippen LogP contribution in [0.2, 0.25) is 5.02 Å². The van der Waals surface area contributed by atoms with Crippen molar-refractivity contribution in [1.82, 2.24) is 14.4 Å². The monoisotopic (exact) mass is 497 g/mol. The van der Waals surface area contributed by atoms with E-state index >= 15 is 0 Å². The van der Waals surface area contributed by atoms with Gasteiger partial charge in [0.15, 0.2) is 0 Å². The van der Waals surface area contributed by atoms with Gasteiger partial charge in [-0.05, 0) is 61.9 Å². The van der Waals surface area contributed by atoms with Crippen molar-refractivity contribution in [3.8, 4) is 16.9 Å². The summed E-state index contributed by atoms with van der Waals surface area (Å²) in [6.45, 7) is 6.02. The maximum atomic E-state index is 13.7. The lowest BCUT2D eigenvalue weighted by Gasteiger charge is -2.35. The molecule has 3 aromatic carbocycles. The van der Waals surface area contributed by atoms with Gasteiger partial charge in [-0.1, -0.05) is 59.6 Å². The summed E-state index contributed by atoms with van der Waals surface area (Å²) < 4.78 is 2.12. The number of rotatable bonds is 4. The van der Waals surface area contributed by atoms with Crippen molar-refractivity contribution in [2.24, 2.45) is 0 Å². The molecule has 0 atom stereocenters. The summed E-state index contributed by atoms with van der Waals surface area (Å²) >= 11 is 6.13. The van der Waals surface area contributed by atoms with E-state index in [4.69, 9.17) is 11.6 Å². The van der Waals surface area contributed by atoms with Gasteiger partial charge in [0.25, 0.3) is 11.8 Å². The molecule has 1 aliphatic heterocycles. The number of hydrogen-bond donors (Lipinski definition) is 0. The topological polar surface area (TPSA) is 45.6 Å². The zero-order chi connectivity index (χ0) is 25.2. The lowest BCUT2D eigenvalue weighted by Crippen LogP contribution is -2.50. The van der Waals surface area contributed by atoms with Gasteiger partial charge in [0.2, 0.25) is 0 Å². The maximum Gasteiger partial charge on any atom is 0.255 e. The molecule has 6 heteroatoms. The second kappa shape index (κ2) is 10.0. The lowest BCUT2D eigenvalue weighted by molar-refractivity contribution is 0.0535. The number of aromatic nitrogens is 1. The molecule has 0 radical (unpaired) electrons. The molecule has 0 unspecified atom stereocenters. The van der Waals surface area contributed by atoms with E-state index in [9.17, 15) is 9.59 Å². The molecular weight excluding hydrogens is 470 g/mol. The molecule has 0 bridgehead atoms. The van der Waals surface area contributed by atoms with E-state index in [0.717, 1.165) is 28.2 Å². The van der Waals surface area contributed by atoms with Gasteiger partial charge in [-0.15, -0.1) is 0 Å². The first-order valence-electron chi connectivity index (χ1n) is 12.1. The van der Waals surface area contributed by atoms with Gasteiger partial charge in [0.05, 0.1) is 11.3 Å². The van der Waals surface area contributed by atoms with Crippen molar-refractivity contribution >= 4 is 23.4 Å². The van der Waals surface area contributed by atoms with Gasteiger partial charge in [-0.3, -0.25) is 9.59 Å². The molecule has 0 N–H and O–H groups in total. The fraction of sp³-hybridized carbons (Fsp3) is 0.200. The number of nitrogens with zero attached hydrogens (tertiary/aromatic N) is 3. The average Bonchev–Trinajstić information content (AvgIpc) is 3.26. The first kappa shape index (κ1) is 23.9. The minimum Gasteiger partial charge on any atom is -0.335 e. The van der Waals surface area contributed by atoms with Crippen LogP contribution in [0.25, 0.3) is 16.9 Å². The minimum atomic E-state index is -0.0140. The van der Waals surface area contributed by atoms with Crippen molar-refractivity contribution in [3.63, 3.8) is 0 Å². The van der Waals surface area contributed by atoms with Crippen LogP contribution in [-0.2, 0) is 0 Å².